The molecule has 0 spiro atoms. The molecule has 6 nitrogen and oxygen atoms in total. The maximum atomic E-state index is 14.9. The highest BCUT2D eigenvalue weighted by atomic mass is 32.2. The van der Waals surface area contributed by atoms with Crippen LogP contribution >= 0.6 is 0 Å². The van der Waals surface area contributed by atoms with Gasteiger partial charge in [-0.05, 0) is 72.1 Å². The number of nitrogens with zero attached hydrogens (tertiary/aromatic N) is 3. The molecule has 5 rings (SSSR count). The first-order valence-electron chi connectivity index (χ1n) is 11.7. The Morgan fingerprint density at radius 1 is 0.971 bits per heavy atom. The average Bonchev–Trinajstić information content (AvgIpc) is 3.40. The topological polar surface area (TPSA) is 72.4 Å². The second-order valence-electron chi connectivity index (χ2n) is 9.45. The van der Waals surface area contributed by atoms with Crippen LogP contribution in [0.3, 0.4) is 0 Å². The third kappa shape index (κ3) is 4.87. The van der Waals surface area contributed by atoms with E-state index in [1.54, 1.807) is 0 Å². The summed E-state index contributed by atoms with van der Waals surface area (Å²) in [5.41, 5.74) is 1.94. The van der Waals surface area contributed by atoms with Gasteiger partial charge in [0.15, 0.2) is 27.2 Å². The van der Waals surface area contributed by atoms with Gasteiger partial charge in [0.25, 0.3) is 0 Å². The quantitative estimate of drug-likeness (QED) is 0.490. The lowest BCUT2D eigenvalue weighted by molar-refractivity contribution is 0.182. The Labute approximate surface area is 203 Å². The van der Waals surface area contributed by atoms with Crippen molar-refractivity contribution in [1.82, 2.24) is 9.97 Å². The van der Waals surface area contributed by atoms with E-state index in [1.807, 2.05) is 12.4 Å². The van der Waals surface area contributed by atoms with Gasteiger partial charge in [-0.15, -0.1) is 0 Å². The van der Waals surface area contributed by atoms with Crippen molar-refractivity contribution < 1.29 is 21.9 Å². The zero-order chi connectivity index (χ0) is 24.7. The number of halogens is 2. The van der Waals surface area contributed by atoms with Crippen LogP contribution in [0, 0.1) is 23.5 Å². The van der Waals surface area contributed by atoms with Gasteiger partial charge in [0.1, 0.15) is 0 Å². The minimum atomic E-state index is -3.35. The van der Waals surface area contributed by atoms with E-state index >= 15 is 0 Å². The molecule has 1 aliphatic carbocycles. The predicted octanol–water partition coefficient (Wildman–Crippen LogP) is 4.68. The van der Waals surface area contributed by atoms with E-state index in [9.17, 15) is 17.2 Å². The molecule has 2 unspecified atom stereocenters. The van der Waals surface area contributed by atoms with Crippen LogP contribution in [0.4, 0.5) is 14.7 Å². The van der Waals surface area contributed by atoms with Crippen LogP contribution in [-0.4, -0.2) is 43.8 Å². The first kappa shape index (κ1) is 23.7. The Balaban J connectivity index is 1.24. The monoisotopic (exact) mass is 499 g/mol. The van der Waals surface area contributed by atoms with Crippen molar-refractivity contribution in [1.29, 1.82) is 0 Å². The summed E-state index contributed by atoms with van der Waals surface area (Å²) in [5.74, 6) is -0.430. The molecule has 0 radical (unpaired) electrons. The van der Waals surface area contributed by atoms with Crippen molar-refractivity contribution in [2.75, 3.05) is 24.2 Å². The summed E-state index contributed by atoms with van der Waals surface area (Å²) in [6, 6.07) is 8.37. The third-order valence-electron chi connectivity index (χ3n) is 6.99. The van der Waals surface area contributed by atoms with Crippen molar-refractivity contribution in [3.8, 4) is 16.9 Å². The van der Waals surface area contributed by atoms with E-state index in [0.29, 0.717) is 23.0 Å². The Kier molecular flexibility index (Phi) is 6.21. The molecule has 0 N–H and O–H groups in total. The van der Waals surface area contributed by atoms with Gasteiger partial charge in [-0.1, -0.05) is 19.1 Å². The summed E-state index contributed by atoms with van der Waals surface area (Å²) in [5, 5.41) is 0. The van der Waals surface area contributed by atoms with Crippen molar-refractivity contribution >= 4 is 15.8 Å². The molecule has 1 saturated carbocycles. The van der Waals surface area contributed by atoms with E-state index in [4.69, 9.17) is 4.74 Å². The molecule has 1 aliphatic heterocycles. The summed E-state index contributed by atoms with van der Waals surface area (Å²) < 4.78 is 58.8. The lowest BCUT2D eigenvalue weighted by Crippen LogP contribution is -2.26. The van der Waals surface area contributed by atoms with Gasteiger partial charge in [-0.2, -0.15) is 0 Å². The average molecular weight is 500 g/mol. The molecule has 1 aromatic heterocycles. The maximum absolute atomic E-state index is 14.9. The van der Waals surface area contributed by atoms with Crippen molar-refractivity contribution in [2.45, 2.75) is 37.2 Å². The van der Waals surface area contributed by atoms with Gasteiger partial charge in [-0.3, -0.25) is 0 Å². The largest absolute Gasteiger partial charge is 0.484 e. The molecule has 3 aromatic rings. The lowest BCUT2D eigenvalue weighted by atomic mass is 10.0. The van der Waals surface area contributed by atoms with Crippen LogP contribution in [0.2, 0.25) is 0 Å². The first-order chi connectivity index (χ1) is 16.7. The number of ether oxygens (including phenoxy) is 1. The molecule has 9 heteroatoms. The summed E-state index contributed by atoms with van der Waals surface area (Å²) in [6.45, 7) is 3.68. The smallest absolute Gasteiger partial charge is 0.225 e. The van der Waals surface area contributed by atoms with Gasteiger partial charge in [0, 0.05) is 31.7 Å². The zero-order valence-corrected chi connectivity index (χ0v) is 20.4. The predicted molar refractivity (Wildman–Crippen MR) is 129 cm³/mol. The number of rotatable bonds is 6. The van der Waals surface area contributed by atoms with Gasteiger partial charge in [0.05, 0.1) is 11.0 Å². The number of benzene rings is 2. The zero-order valence-electron chi connectivity index (χ0n) is 19.6. The molecule has 2 fully saturated rings. The fourth-order valence-corrected chi connectivity index (χ4v) is 5.73. The summed E-state index contributed by atoms with van der Waals surface area (Å²) in [4.78, 5) is 11.3. The molecule has 0 bridgehead atoms. The number of aromatic nitrogens is 2. The van der Waals surface area contributed by atoms with Crippen molar-refractivity contribution in [3.05, 3.63) is 66.0 Å². The van der Waals surface area contributed by atoms with Crippen LogP contribution in [0.1, 0.15) is 25.3 Å². The SMILES string of the molecule is CCc1cnc(N2CC3CC(Oc4c(F)cc(-c5ccc(S(C)(=O)=O)cc5)cc4F)C[C@H]3C2)nc1. The Hall–Kier alpha value is -3.07. The van der Waals surface area contributed by atoms with E-state index in [-0.39, 0.29) is 16.7 Å². The minimum absolute atomic E-state index is 0.150. The third-order valence-corrected chi connectivity index (χ3v) is 8.12. The standard InChI is InChI=1S/C26H27F2N3O3S/c1-3-16-12-29-26(30-13-16)31-14-19-8-21(9-20(19)15-31)34-25-23(27)10-18(11-24(25)28)17-4-6-22(7-5-17)35(2,32)33/h4-7,10-13,19-21H,3,8-9,14-15H2,1-2H3/t19-,20?,21?/m0/s1. The highest BCUT2D eigenvalue weighted by Crippen LogP contribution is 2.41. The van der Waals surface area contributed by atoms with Crippen LogP contribution in [0.25, 0.3) is 11.1 Å². The van der Waals surface area contributed by atoms with E-state index in [0.717, 1.165) is 50.1 Å². The summed E-state index contributed by atoms with van der Waals surface area (Å²) in [6.07, 6.45) is 6.92. The summed E-state index contributed by atoms with van der Waals surface area (Å²) >= 11 is 0. The van der Waals surface area contributed by atoms with E-state index in [1.165, 1.54) is 36.4 Å². The van der Waals surface area contributed by atoms with Crippen LogP contribution in [0.15, 0.2) is 53.7 Å². The highest BCUT2D eigenvalue weighted by molar-refractivity contribution is 7.90. The van der Waals surface area contributed by atoms with Crippen LogP contribution < -0.4 is 9.64 Å². The van der Waals surface area contributed by atoms with E-state index in [2.05, 4.69) is 21.8 Å². The van der Waals surface area contributed by atoms with Gasteiger partial charge >= 0.3 is 0 Å². The molecule has 2 aromatic carbocycles. The Bertz CT molecular complexity index is 1290. The maximum Gasteiger partial charge on any atom is 0.225 e. The molecule has 0 amide bonds. The Morgan fingerprint density at radius 3 is 2.06 bits per heavy atom. The number of hydrogen-bond acceptors (Lipinski definition) is 6. The number of sulfone groups is 1. The molecule has 2 heterocycles. The van der Waals surface area contributed by atoms with Crippen LogP contribution in [-0.2, 0) is 16.3 Å². The number of aryl methyl sites for hydroxylation is 1. The Morgan fingerprint density at radius 2 is 1.54 bits per heavy atom. The molecule has 2 aliphatic rings. The van der Waals surface area contributed by atoms with Crippen molar-refractivity contribution in [2.24, 2.45) is 11.8 Å². The van der Waals surface area contributed by atoms with Gasteiger partial charge < -0.3 is 9.64 Å². The van der Waals surface area contributed by atoms with Crippen molar-refractivity contribution in [3.63, 3.8) is 0 Å². The first-order valence-corrected chi connectivity index (χ1v) is 13.6. The molecular formula is C26H27F2N3O3S. The normalized spacial score (nSPS) is 21.8. The molecule has 3 atom stereocenters. The molecule has 35 heavy (non-hydrogen) atoms. The van der Waals surface area contributed by atoms with Gasteiger partial charge in [0.2, 0.25) is 5.95 Å². The minimum Gasteiger partial charge on any atom is -0.484 e. The number of fused-ring (bicyclic) bond motifs is 1. The molecule has 1 saturated heterocycles. The molecular weight excluding hydrogens is 472 g/mol. The fourth-order valence-electron chi connectivity index (χ4n) is 5.10. The van der Waals surface area contributed by atoms with Gasteiger partial charge in [-0.25, -0.2) is 27.2 Å². The second kappa shape index (κ2) is 9.18. The second-order valence-corrected chi connectivity index (χ2v) is 11.5. The number of hydrogen-bond donors (Lipinski definition) is 0. The number of anilines is 1. The van der Waals surface area contributed by atoms with E-state index < -0.39 is 21.5 Å². The fraction of sp³-hybridized carbons (Fsp3) is 0.385. The van der Waals surface area contributed by atoms with Crippen LogP contribution in [0.5, 0.6) is 5.75 Å². The summed E-state index contributed by atoms with van der Waals surface area (Å²) in [7, 11) is -3.35. The lowest BCUT2D eigenvalue weighted by Gasteiger charge is -2.20. The highest BCUT2D eigenvalue weighted by Gasteiger charge is 2.43. The molecule has 184 valence electrons.